The zero-order chi connectivity index (χ0) is 15.2. The highest BCUT2D eigenvalue weighted by Crippen LogP contribution is 2.21. The van der Waals surface area contributed by atoms with Gasteiger partial charge in [-0.05, 0) is 42.8 Å². The Balaban J connectivity index is 2.10. The average Bonchev–Trinajstić information content (AvgIpc) is 2.52. The van der Waals surface area contributed by atoms with Crippen molar-refractivity contribution in [2.24, 2.45) is 0 Å². The number of hydrogen-bond acceptors (Lipinski definition) is 3. The van der Waals surface area contributed by atoms with Gasteiger partial charge in [0.05, 0.1) is 18.7 Å². The molecule has 0 aliphatic carbocycles. The van der Waals surface area contributed by atoms with Gasteiger partial charge in [0.2, 0.25) is 0 Å². The summed E-state index contributed by atoms with van der Waals surface area (Å²) in [7, 11) is 1.60. The van der Waals surface area contributed by atoms with Crippen molar-refractivity contribution >= 4 is 0 Å². The SMILES string of the molecule is COc1ccc(C#N)cc1CN[C@H](C)c1cccc(F)c1. The molecular weight excluding hydrogens is 267 g/mol. The zero-order valence-corrected chi connectivity index (χ0v) is 12.1. The third kappa shape index (κ3) is 3.80. The van der Waals surface area contributed by atoms with E-state index in [1.54, 1.807) is 31.4 Å². The molecule has 0 fully saturated rings. The second kappa shape index (κ2) is 6.87. The monoisotopic (exact) mass is 284 g/mol. The van der Waals surface area contributed by atoms with Crippen LogP contribution in [0, 0.1) is 17.1 Å². The van der Waals surface area contributed by atoms with Crippen LogP contribution in [0.15, 0.2) is 42.5 Å². The van der Waals surface area contributed by atoms with E-state index in [1.165, 1.54) is 12.1 Å². The highest BCUT2D eigenvalue weighted by atomic mass is 19.1. The molecule has 0 aromatic heterocycles. The maximum Gasteiger partial charge on any atom is 0.123 e. The molecule has 0 radical (unpaired) electrons. The molecule has 3 nitrogen and oxygen atoms in total. The van der Waals surface area contributed by atoms with E-state index in [-0.39, 0.29) is 11.9 Å². The third-order valence-electron chi connectivity index (χ3n) is 3.36. The second-order valence-corrected chi connectivity index (χ2v) is 4.80. The Morgan fingerprint density at radius 3 is 2.76 bits per heavy atom. The van der Waals surface area contributed by atoms with Crippen LogP contribution in [0.3, 0.4) is 0 Å². The minimum absolute atomic E-state index is 0.00357. The topological polar surface area (TPSA) is 45.0 Å². The van der Waals surface area contributed by atoms with E-state index in [2.05, 4.69) is 11.4 Å². The van der Waals surface area contributed by atoms with Crippen molar-refractivity contribution in [1.29, 1.82) is 5.26 Å². The van der Waals surface area contributed by atoms with Crippen LogP contribution in [0.25, 0.3) is 0 Å². The highest BCUT2D eigenvalue weighted by Gasteiger charge is 2.09. The van der Waals surface area contributed by atoms with Gasteiger partial charge in [0.25, 0.3) is 0 Å². The van der Waals surface area contributed by atoms with Crippen molar-refractivity contribution in [3.63, 3.8) is 0 Å². The summed E-state index contributed by atoms with van der Waals surface area (Å²) in [6.45, 7) is 2.51. The Kier molecular flexibility index (Phi) is 4.91. The largest absolute Gasteiger partial charge is 0.496 e. The molecule has 2 rings (SSSR count). The number of benzene rings is 2. The smallest absolute Gasteiger partial charge is 0.123 e. The van der Waals surface area contributed by atoms with Crippen LogP contribution in [-0.4, -0.2) is 7.11 Å². The normalized spacial score (nSPS) is 11.7. The van der Waals surface area contributed by atoms with Gasteiger partial charge in [-0.15, -0.1) is 0 Å². The van der Waals surface area contributed by atoms with Crippen LogP contribution in [0.1, 0.15) is 29.7 Å². The maximum absolute atomic E-state index is 13.2. The third-order valence-corrected chi connectivity index (χ3v) is 3.36. The highest BCUT2D eigenvalue weighted by molar-refractivity contribution is 5.42. The molecule has 2 aromatic carbocycles. The quantitative estimate of drug-likeness (QED) is 0.913. The van der Waals surface area contributed by atoms with E-state index in [9.17, 15) is 4.39 Å². The van der Waals surface area contributed by atoms with Gasteiger partial charge in [0.15, 0.2) is 0 Å². The van der Waals surface area contributed by atoms with Crippen molar-refractivity contribution in [2.75, 3.05) is 7.11 Å². The van der Waals surface area contributed by atoms with Crippen molar-refractivity contribution in [3.8, 4) is 11.8 Å². The van der Waals surface area contributed by atoms with Crippen molar-refractivity contribution in [1.82, 2.24) is 5.32 Å². The van der Waals surface area contributed by atoms with E-state index in [0.29, 0.717) is 12.1 Å². The number of nitrogens with one attached hydrogen (secondary N) is 1. The Labute approximate surface area is 124 Å². The van der Waals surface area contributed by atoms with Crippen molar-refractivity contribution < 1.29 is 9.13 Å². The lowest BCUT2D eigenvalue weighted by Crippen LogP contribution is -2.18. The van der Waals surface area contributed by atoms with Gasteiger partial charge in [0, 0.05) is 18.2 Å². The summed E-state index contributed by atoms with van der Waals surface area (Å²) in [5, 5.41) is 12.3. The molecule has 0 saturated carbocycles. The van der Waals surface area contributed by atoms with Crippen molar-refractivity contribution in [2.45, 2.75) is 19.5 Å². The molecule has 0 spiro atoms. The molecule has 2 aromatic rings. The number of ether oxygens (including phenoxy) is 1. The molecule has 0 aliphatic rings. The molecule has 0 amide bonds. The van der Waals surface area contributed by atoms with E-state index in [4.69, 9.17) is 10.00 Å². The molecule has 21 heavy (non-hydrogen) atoms. The fraction of sp³-hybridized carbons (Fsp3) is 0.235. The zero-order valence-electron chi connectivity index (χ0n) is 12.1. The molecule has 0 aliphatic heterocycles. The lowest BCUT2D eigenvalue weighted by atomic mass is 10.1. The summed E-state index contributed by atoms with van der Waals surface area (Å²) in [4.78, 5) is 0. The predicted molar refractivity (Wildman–Crippen MR) is 79.4 cm³/mol. The number of hydrogen-bond donors (Lipinski definition) is 1. The minimum atomic E-state index is -0.245. The van der Waals surface area contributed by atoms with Gasteiger partial charge in [-0.25, -0.2) is 4.39 Å². The maximum atomic E-state index is 13.2. The lowest BCUT2D eigenvalue weighted by molar-refractivity contribution is 0.406. The van der Waals surface area contributed by atoms with E-state index in [1.807, 2.05) is 13.0 Å². The molecule has 1 N–H and O–H groups in total. The van der Waals surface area contributed by atoms with Crippen LogP contribution in [-0.2, 0) is 6.54 Å². The predicted octanol–water partition coefficient (Wildman–Crippen LogP) is 3.56. The summed E-state index contributed by atoms with van der Waals surface area (Å²) < 4.78 is 18.5. The Bertz CT molecular complexity index is 664. The number of halogens is 1. The Hall–Kier alpha value is -2.38. The van der Waals surface area contributed by atoms with Crippen LogP contribution < -0.4 is 10.1 Å². The van der Waals surface area contributed by atoms with Gasteiger partial charge >= 0.3 is 0 Å². The first-order valence-electron chi connectivity index (χ1n) is 6.70. The van der Waals surface area contributed by atoms with Gasteiger partial charge in [-0.3, -0.25) is 0 Å². The van der Waals surface area contributed by atoms with Gasteiger partial charge in [-0.2, -0.15) is 5.26 Å². The summed E-state index contributed by atoms with van der Waals surface area (Å²) in [6.07, 6.45) is 0. The van der Waals surface area contributed by atoms with Gasteiger partial charge in [-0.1, -0.05) is 12.1 Å². The summed E-state index contributed by atoms with van der Waals surface area (Å²) in [5.41, 5.74) is 2.37. The Morgan fingerprint density at radius 2 is 2.10 bits per heavy atom. The number of nitriles is 1. The van der Waals surface area contributed by atoms with E-state index in [0.717, 1.165) is 16.9 Å². The summed E-state index contributed by atoms with van der Waals surface area (Å²) in [6, 6.07) is 13.9. The van der Waals surface area contributed by atoms with Crippen LogP contribution in [0.5, 0.6) is 5.75 Å². The van der Waals surface area contributed by atoms with E-state index >= 15 is 0 Å². The molecule has 0 saturated heterocycles. The Morgan fingerprint density at radius 1 is 1.29 bits per heavy atom. The first-order valence-corrected chi connectivity index (χ1v) is 6.70. The molecule has 0 unspecified atom stereocenters. The number of nitrogens with zero attached hydrogens (tertiary/aromatic N) is 1. The molecule has 0 bridgehead atoms. The first kappa shape index (κ1) is 15.0. The standard InChI is InChI=1S/C17H17FN2O/c1-12(14-4-3-5-16(18)9-14)20-11-15-8-13(10-19)6-7-17(15)21-2/h3-9,12,20H,11H2,1-2H3/t12-/m1/s1. The molecule has 4 heteroatoms. The fourth-order valence-corrected chi connectivity index (χ4v) is 2.14. The van der Waals surface area contributed by atoms with Crippen LogP contribution >= 0.6 is 0 Å². The first-order chi connectivity index (χ1) is 10.1. The minimum Gasteiger partial charge on any atom is -0.496 e. The molecular formula is C17H17FN2O. The number of methoxy groups -OCH3 is 1. The lowest BCUT2D eigenvalue weighted by Gasteiger charge is -2.16. The van der Waals surface area contributed by atoms with Gasteiger partial charge in [0.1, 0.15) is 11.6 Å². The number of rotatable bonds is 5. The molecule has 108 valence electrons. The summed E-state index contributed by atoms with van der Waals surface area (Å²) in [5.74, 6) is 0.484. The van der Waals surface area contributed by atoms with Crippen molar-refractivity contribution in [3.05, 3.63) is 65.0 Å². The molecule has 0 heterocycles. The van der Waals surface area contributed by atoms with Gasteiger partial charge < -0.3 is 10.1 Å². The summed E-state index contributed by atoms with van der Waals surface area (Å²) >= 11 is 0. The fourth-order valence-electron chi connectivity index (χ4n) is 2.14. The van der Waals surface area contributed by atoms with Crippen LogP contribution in [0.2, 0.25) is 0 Å². The second-order valence-electron chi connectivity index (χ2n) is 4.80. The van der Waals surface area contributed by atoms with Crippen LogP contribution in [0.4, 0.5) is 4.39 Å². The average molecular weight is 284 g/mol. The van der Waals surface area contributed by atoms with E-state index < -0.39 is 0 Å². The molecule has 1 atom stereocenters.